The van der Waals surface area contributed by atoms with Gasteiger partial charge in [-0.3, -0.25) is 9.79 Å². The van der Waals surface area contributed by atoms with Gasteiger partial charge in [-0.2, -0.15) is 0 Å². The molecule has 0 radical (unpaired) electrons. The Morgan fingerprint density at radius 2 is 2.27 bits per heavy atom. The molecule has 1 aromatic rings. The molecule has 0 saturated heterocycles. The van der Waals surface area contributed by atoms with Crippen LogP contribution in [-0.2, 0) is 4.79 Å². The molecule has 2 heterocycles. The highest BCUT2D eigenvalue weighted by Gasteiger charge is 2.11. The third-order valence-electron chi connectivity index (χ3n) is 2.42. The van der Waals surface area contributed by atoms with Gasteiger partial charge in [-0.15, -0.1) is 11.8 Å². The molecular formula is C11H8N2OS. The van der Waals surface area contributed by atoms with Crippen LogP contribution in [0.5, 0.6) is 0 Å². The molecule has 3 nitrogen and oxygen atoms in total. The molecule has 0 unspecified atom stereocenters. The molecular weight excluding hydrogens is 208 g/mol. The van der Waals surface area contributed by atoms with Crippen LogP contribution in [0.15, 0.2) is 27.0 Å². The largest absolute Gasteiger partial charge is 0.272 e. The fraction of sp³-hybridized carbons (Fsp3) is 0.182. The van der Waals surface area contributed by atoms with Crippen molar-refractivity contribution in [2.75, 3.05) is 5.75 Å². The van der Waals surface area contributed by atoms with Crippen molar-refractivity contribution in [3.8, 4) is 0 Å². The van der Waals surface area contributed by atoms with Gasteiger partial charge in [-0.05, 0) is 12.1 Å². The van der Waals surface area contributed by atoms with E-state index in [1.54, 1.807) is 11.8 Å². The van der Waals surface area contributed by atoms with E-state index in [2.05, 4.69) is 9.98 Å². The molecule has 0 bridgehead atoms. The first kappa shape index (κ1) is 8.85. The summed E-state index contributed by atoms with van der Waals surface area (Å²) < 4.78 is 0. The fourth-order valence-electron chi connectivity index (χ4n) is 1.75. The lowest BCUT2D eigenvalue weighted by atomic mass is 10.1. The van der Waals surface area contributed by atoms with E-state index in [0.717, 1.165) is 22.0 Å². The first-order valence-electron chi connectivity index (χ1n) is 4.75. The van der Waals surface area contributed by atoms with E-state index in [1.807, 2.05) is 24.4 Å². The first-order chi connectivity index (χ1) is 7.34. The summed E-state index contributed by atoms with van der Waals surface area (Å²) in [5.74, 6) is 0.844. The second-order valence-electron chi connectivity index (χ2n) is 3.38. The van der Waals surface area contributed by atoms with Crippen molar-refractivity contribution < 1.29 is 4.79 Å². The normalized spacial score (nSPS) is 17.5. The second kappa shape index (κ2) is 3.31. The zero-order valence-electron chi connectivity index (χ0n) is 7.93. The number of thioether (sulfide) groups is 1. The van der Waals surface area contributed by atoms with E-state index < -0.39 is 0 Å². The number of hydrogen-bond acceptors (Lipinski definition) is 3. The van der Waals surface area contributed by atoms with Crippen molar-refractivity contribution in [2.45, 2.75) is 11.3 Å². The quantitative estimate of drug-likeness (QED) is 0.644. The average molecular weight is 216 g/mol. The molecule has 0 aromatic heterocycles. The number of hydrogen-bond donors (Lipinski definition) is 0. The van der Waals surface area contributed by atoms with E-state index in [9.17, 15) is 4.79 Å². The van der Waals surface area contributed by atoms with Crippen molar-refractivity contribution in [2.24, 2.45) is 9.98 Å². The zero-order chi connectivity index (χ0) is 10.3. The zero-order valence-corrected chi connectivity index (χ0v) is 8.75. The molecule has 15 heavy (non-hydrogen) atoms. The Morgan fingerprint density at radius 3 is 3.20 bits per heavy atom. The summed E-state index contributed by atoms with van der Waals surface area (Å²) in [5.41, 5.74) is 0.972. The third-order valence-corrected chi connectivity index (χ3v) is 3.37. The topological polar surface area (TPSA) is 41.8 Å². The van der Waals surface area contributed by atoms with Crippen molar-refractivity contribution in [3.05, 3.63) is 22.7 Å². The Hall–Kier alpha value is -1.42. The molecule has 2 aliphatic heterocycles. The van der Waals surface area contributed by atoms with Gasteiger partial charge >= 0.3 is 0 Å². The predicted molar refractivity (Wildman–Crippen MR) is 60.2 cm³/mol. The molecule has 3 rings (SSSR count). The minimum absolute atomic E-state index is 0.0742. The molecule has 0 fully saturated rings. The number of nitrogens with zero attached hydrogens (tertiary/aromatic N) is 2. The molecule has 74 valence electrons. The lowest BCUT2D eigenvalue weighted by Crippen LogP contribution is -2.30. The number of aliphatic imine (C=N–C) groups is 1. The average Bonchev–Trinajstić information content (AvgIpc) is 2.28. The number of fused-ring (bicyclic) bond motifs is 3. The maximum absolute atomic E-state index is 11.2. The molecule has 2 aliphatic rings. The SMILES string of the molecule is O=C1CC=c2c3c(ccc2=N1)SCC=N3. The summed E-state index contributed by atoms with van der Waals surface area (Å²) in [6.07, 6.45) is 4.22. The van der Waals surface area contributed by atoms with Gasteiger partial charge in [0.2, 0.25) is 5.91 Å². The summed E-state index contributed by atoms with van der Waals surface area (Å²) in [6.45, 7) is 0. The monoisotopic (exact) mass is 216 g/mol. The van der Waals surface area contributed by atoms with Crippen LogP contribution in [0, 0.1) is 0 Å². The van der Waals surface area contributed by atoms with Gasteiger partial charge in [0.15, 0.2) is 0 Å². The fourth-order valence-corrected chi connectivity index (χ4v) is 2.54. The third kappa shape index (κ3) is 1.41. The molecule has 0 aliphatic carbocycles. The van der Waals surface area contributed by atoms with Crippen LogP contribution in [0.4, 0.5) is 5.69 Å². The van der Waals surface area contributed by atoms with Gasteiger partial charge in [0, 0.05) is 28.5 Å². The summed E-state index contributed by atoms with van der Waals surface area (Å²) in [7, 11) is 0. The highest BCUT2D eigenvalue weighted by atomic mass is 32.2. The lowest BCUT2D eigenvalue weighted by molar-refractivity contribution is -0.117. The Kier molecular flexibility index (Phi) is 1.95. The van der Waals surface area contributed by atoms with Gasteiger partial charge in [-0.1, -0.05) is 6.08 Å². The van der Waals surface area contributed by atoms with E-state index in [4.69, 9.17) is 0 Å². The minimum Gasteiger partial charge on any atom is -0.272 e. The molecule has 0 atom stereocenters. The number of carbonyl (C=O) groups excluding carboxylic acids is 1. The van der Waals surface area contributed by atoms with Crippen LogP contribution in [0.2, 0.25) is 0 Å². The number of rotatable bonds is 0. The molecule has 4 heteroatoms. The van der Waals surface area contributed by atoms with Gasteiger partial charge in [0.25, 0.3) is 0 Å². The van der Waals surface area contributed by atoms with Crippen molar-refractivity contribution in [1.29, 1.82) is 0 Å². The Morgan fingerprint density at radius 1 is 1.33 bits per heavy atom. The minimum atomic E-state index is -0.0742. The van der Waals surface area contributed by atoms with Crippen LogP contribution in [0.3, 0.4) is 0 Å². The van der Waals surface area contributed by atoms with Gasteiger partial charge in [-0.25, -0.2) is 4.99 Å². The molecule has 0 spiro atoms. The Labute approximate surface area is 90.6 Å². The molecule has 1 amide bonds. The molecule has 0 N–H and O–H groups in total. The first-order valence-corrected chi connectivity index (χ1v) is 5.73. The van der Waals surface area contributed by atoms with Crippen LogP contribution < -0.4 is 10.6 Å². The smallest absolute Gasteiger partial charge is 0.250 e. The van der Waals surface area contributed by atoms with Crippen molar-refractivity contribution >= 4 is 35.6 Å². The maximum atomic E-state index is 11.2. The van der Waals surface area contributed by atoms with Crippen LogP contribution in [0.1, 0.15) is 6.42 Å². The van der Waals surface area contributed by atoms with Crippen LogP contribution in [-0.4, -0.2) is 17.9 Å². The van der Waals surface area contributed by atoms with Gasteiger partial charge in [0.1, 0.15) is 0 Å². The van der Waals surface area contributed by atoms with Crippen molar-refractivity contribution in [1.82, 2.24) is 0 Å². The van der Waals surface area contributed by atoms with Crippen LogP contribution >= 0.6 is 11.8 Å². The van der Waals surface area contributed by atoms with E-state index in [0.29, 0.717) is 6.42 Å². The number of benzene rings is 1. The maximum Gasteiger partial charge on any atom is 0.250 e. The summed E-state index contributed by atoms with van der Waals surface area (Å²) in [6, 6.07) is 3.89. The Bertz CT molecular complexity index is 589. The molecule has 0 saturated carbocycles. The Balaban J connectivity index is 2.39. The second-order valence-corrected chi connectivity index (χ2v) is 4.44. The van der Waals surface area contributed by atoms with E-state index >= 15 is 0 Å². The predicted octanol–water partition coefficient (Wildman–Crippen LogP) is 0.825. The number of carbonyl (C=O) groups is 1. The summed E-state index contributed by atoms with van der Waals surface area (Å²) in [5, 5.41) is 1.76. The van der Waals surface area contributed by atoms with E-state index in [-0.39, 0.29) is 5.91 Å². The van der Waals surface area contributed by atoms with E-state index in [1.165, 1.54) is 4.90 Å². The number of amides is 1. The molecule has 1 aromatic carbocycles. The summed E-state index contributed by atoms with van der Waals surface area (Å²) >= 11 is 1.77. The standard InChI is InChI=1S/C11H8N2OS/c14-10-4-1-7-8(13-10)2-3-9-11(7)12-5-6-15-9/h1-3,5H,4,6H2. The van der Waals surface area contributed by atoms with Crippen molar-refractivity contribution in [3.63, 3.8) is 0 Å². The highest BCUT2D eigenvalue weighted by molar-refractivity contribution is 8.00. The summed E-state index contributed by atoms with van der Waals surface area (Å²) in [4.78, 5) is 20.7. The van der Waals surface area contributed by atoms with Gasteiger partial charge < -0.3 is 0 Å². The van der Waals surface area contributed by atoms with Crippen LogP contribution in [0.25, 0.3) is 6.08 Å². The lowest BCUT2D eigenvalue weighted by Gasteiger charge is -2.10. The van der Waals surface area contributed by atoms with Gasteiger partial charge in [0.05, 0.1) is 11.0 Å². The highest BCUT2D eigenvalue weighted by Crippen LogP contribution is 2.28.